The molecule has 0 saturated carbocycles. The van der Waals surface area contributed by atoms with Crippen LogP contribution in [-0.4, -0.2) is 26.3 Å². The SMILES string of the molecule is COc1ccc2nc(NS(=O)(=O)CC#N)sc2c1. The van der Waals surface area contributed by atoms with Gasteiger partial charge in [0.25, 0.3) is 0 Å². The molecule has 1 aromatic heterocycles. The number of nitriles is 1. The van der Waals surface area contributed by atoms with Gasteiger partial charge in [0, 0.05) is 0 Å². The zero-order valence-electron chi connectivity index (χ0n) is 9.37. The molecule has 18 heavy (non-hydrogen) atoms. The first kappa shape index (κ1) is 12.6. The molecular formula is C10H9N3O3S2. The standard InChI is InChI=1S/C10H9N3O3S2/c1-16-7-2-3-8-9(6-7)17-10(12-8)13-18(14,15)5-4-11/h2-3,6H,5H2,1H3,(H,12,13). The summed E-state index contributed by atoms with van der Waals surface area (Å²) >= 11 is 1.19. The molecule has 0 aliphatic heterocycles. The molecular weight excluding hydrogens is 274 g/mol. The fraction of sp³-hybridized carbons (Fsp3) is 0.200. The maximum Gasteiger partial charge on any atom is 0.247 e. The molecule has 2 rings (SSSR count). The van der Waals surface area contributed by atoms with Gasteiger partial charge in [-0.1, -0.05) is 11.3 Å². The average Bonchev–Trinajstić information content (AvgIpc) is 2.68. The van der Waals surface area contributed by atoms with Crippen molar-refractivity contribution < 1.29 is 13.2 Å². The molecule has 0 spiro atoms. The highest BCUT2D eigenvalue weighted by Gasteiger charge is 2.13. The van der Waals surface area contributed by atoms with E-state index in [4.69, 9.17) is 10.00 Å². The van der Waals surface area contributed by atoms with E-state index in [1.54, 1.807) is 31.4 Å². The number of aromatic nitrogens is 1. The van der Waals surface area contributed by atoms with Crippen LogP contribution in [0.3, 0.4) is 0 Å². The lowest BCUT2D eigenvalue weighted by molar-refractivity contribution is 0.415. The van der Waals surface area contributed by atoms with Crippen molar-refractivity contribution in [2.45, 2.75) is 0 Å². The van der Waals surface area contributed by atoms with Crippen molar-refractivity contribution in [2.75, 3.05) is 17.6 Å². The summed E-state index contributed by atoms with van der Waals surface area (Å²) in [4.78, 5) is 4.12. The van der Waals surface area contributed by atoms with Gasteiger partial charge in [0.2, 0.25) is 10.0 Å². The second-order valence-corrected chi connectivity index (χ2v) is 6.12. The zero-order valence-corrected chi connectivity index (χ0v) is 11.0. The van der Waals surface area contributed by atoms with Crippen LogP contribution in [-0.2, 0) is 10.0 Å². The van der Waals surface area contributed by atoms with Gasteiger partial charge in [-0.15, -0.1) is 0 Å². The van der Waals surface area contributed by atoms with Crippen molar-refractivity contribution in [1.82, 2.24) is 4.98 Å². The van der Waals surface area contributed by atoms with Gasteiger partial charge in [0.15, 0.2) is 10.9 Å². The van der Waals surface area contributed by atoms with Crippen molar-refractivity contribution >= 4 is 36.7 Å². The number of hydrogen-bond donors (Lipinski definition) is 1. The predicted molar refractivity (Wildman–Crippen MR) is 69.2 cm³/mol. The fourth-order valence-corrected chi connectivity index (χ4v) is 3.18. The first-order valence-corrected chi connectivity index (χ1v) is 7.33. The lowest BCUT2D eigenvalue weighted by atomic mass is 10.3. The van der Waals surface area contributed by atoms with E-state index in [0.29, 0.717) is 11.3 Å². The van der Waals surface area contributed by atoms with Crippen LogP contribution >= 0.6 is 11.3 Å². The highest BCUT2D eigenvalue weighted by atomic mass is 32.2. The first-order chi connectivity index (χ1) is 8.54. The monoisotopic (exact) mass is 283 g/mol. The molecule has 94 valence electrons. The fourth-order valence-electron chi connectivity index (χ4n) is 1.33. The molecule has 0 radical (unpaired) electrons. The van der Waals surface area contributed by atoms with Crippen LogP contribution in [0.25, 0.3) is 10.2 Å². The Labute approximate surface area is 108 Å². The van der Waals surface area contributed by atoms with Gasteiger partial charge in [-0.05, 0) is 18.2 Å². The van der Waals surface area contributed by atoms with Crippen LogP contribution in [0.1, 0.15) is 0 Å². The quantitative estimate of drug-likeness (QED) is 0.919. The van der Waals surface area contributed by atoms with Gasteiger partial charge in [-0.2, -0.15) is 5.26 Å². The minimum Gasteiger partial charge on any atom is -0.497 e. The van der Waals surface area contributed by atoms with E-state index in [-0.39, 0.29) is 5.13 Å². The van der Waals surface area contributed by atoms with E-state index < -0.39 is 15.8 Å². The Hall–Kier alpha value is -1.85. The second kappa shape index (κ2) is 4.80. The molecule has 0 unspecified atom stereocenters. The maximum atomic E-state index is 11.4. The van der Waals surface area contributed by atoms with E-state index in [1.807, 2.05) is 0 Å². The Kier molecular flexibility index (Phi) is 3.36. The Morgan fingerprint density at radius 2 is 2.33 bits per heavy atom. The maximum absolute atomic E-state index is 11.4. The van der Waals surface area contributed by atoms with Gasteiger partial charge < -0.3 is 4.74 Å². The van der Waals surface area contributed by atoms with Crippen LogP contribution in [0.2, 0.25) is 0 Å². The number of nitrogens with zero attached hydrogens (tertiary/aromatic N) is 2. The average molecular weight is 283 g/mol. The number of methoxy groups -OCH3 is 1. The second-order valence-electron chi connectivity index (χ2n) is 3.37. The van der Waals surface area contributed by atoms with Crippen molar-refractivity contribution in [1.29, 1.82) is 5.26 Å². The normalized spacial score (nSPS) is 11.1. The number of benzene rings is 1. The van der Waals surface area contributed by atoms with E-state index in [2.05, 4.69) is 9.71 Å². The lowest BCUT2D eigenvalue weighted by Crippen LogP contribution is -2.15. The Morgan fingerprint density at radius 3 is 3.00 bits per heavy atom. The number of thiazole rings is 1. The predicted octanol–water partition coefficient (Wildman–Crippen LogP) is 1.57. The van der Waals surface area contributed by atoms with Crippen molar-refractivity contribution in [3.63, 3.8) is 0 Å². The number of sulfonamides is 1. The molecule has 0 bridgehead atoms. The Balaban J connectivity index is 2.34. The third-order valence-corrected chi connectivity index (χ3v) is 4.17. The number of ether oxygens (including phenoxy) is 1. The summed E-state index contributed by atoms with van der Waals surface area (Å²) in [5, 5.41) is 8.63. The molecule has 0 aliphatic carbocycles. The van der Waals surface area contributed by atoms with Gasteiger partial charge in [0.1, 0.15) is 5.75 Å². The van der Waals surface area contributed by atoms with Gasteiger partial charge >= 0.3 is 0 Å². The Bertz CT molecular complexity index is 716. The first-order valence-electron chi connectivity index (χ1n) is 4.86. The molecule has 0 atom stereocenters. The van der Waals surface area contributed by atoms with Crippen LogP contribution in [0, 0.1) is 11.3 Å². The molecule has 0 fully saturated rings. The van der Waals surface area contributed by atoms with Crippen LogP contribution < -0.4 is 9.46 Å². The third-order valence-electron chi connectivity index (χ3n) is 2.09. The lowest BCUT2D eigenvalue weighted by Gasteiger charge is -1.98. The molecule has 1 aromatic carbocycles. The van der Waals surface area contributed by atoms with Crippen molar-refractivity contribution in [3.8, 4) is 11.8 Å². The highest BCUT2D eigenvalue weighted by Crippen LogP contribution is 2.29. The van der Waals surface area contributed by atoms with Gasteiger partial charge in [-0.3, -0.25) is 4.72 Å². The number of rotatable bonds is 4. The van der Waals surface area contributed by atoms with E-state index in [0.717, 1.165) is 4.70 Å². The Morgan fingerprint density at radius 1 is 1.56 bits per heavy atom. The molecule has 8 heteroatoms. The van der Waals surface area contributed by atoms with Crippen molar-refractivity contribution in [3.05, 3.63) is 18.2 Å². The minimum atomic E-state index is -3.64. The van der Waals surface area contributed by atoms with Crippen LogP contribution in [0.15, 0.2) is 18.2 Å². The van der Waals surface area contributed by atoms with E-state index in [1.165, 1.54) is 11.3 Å². The summed E-state index contributed by atoms with van der Waals surface area (Å²) in [5.41, 5.74) is 0.676. The highest BCUT2D eigenvalue weighted by molar-refractivity contribution is 7.93. The van der Waals surface area contributed by atoms with Crippen LogP contribution in [0.5, 0.6) is 5.75 Å². The molecule has 6 nitrogen and oxygen atoms in total. The van der Waals surface area contributed by atoms with Gasteiger partial charge in [0.05, 0.1) is 23.4 Å². The third kappa shape index (κ3) is 2.69. The van der Waals surface area contributed by atoms with Gasteiger partial charge in [-0.25, -0.2) is 13.4 Å². The molecule has 1 heterocycles. The summed E-state index contributed by atoms with van der Waals surface area (Å²) in [6, 6.07) is 6.85. The smallest absolute Gasteiger partial charge is 0.247 e. The topological polar surface area (TPSA) is 92.1 Å². The number of fused-ring (bicyclic) bond motifs is 1. The molecule has 0 amide bonds. The van der Waals surface area contributed by atoms with E-state index in [9.17, 15) is 8.42 Å². The van der Waals surface area contributed by atoms with Crippen molar-refractivity contribution in [2.24, 2.45) is 0 Å². The van der Waals surface area contributed by atoms with E-state index >= 15 is 0 Å². The molecule has 2 aromatic rings. The summed E-state index contributed by atoms with van der Waals surface area (Å²) in [7, 11) is -2.09. The summed E-state index contributed by atoms with van der Waals surface area (Å²) in [5.74, 6) is 0.0873. The zero-order chi connectivity index (χ0) is 13.2. The summed E-state index contributed by atoms with van der Waals surface area (Å²) in [6.07, 6.45) is 0. The van der Waals surface area contributed by atoms with Crippen LogP contribution in [0.4, 0.5) is 5.13 Å². The summed E-state index contributed by atoms with van der Waals surface area (Å²) < 4.78 is 31.0. The largest absolute Gasteiger partial charge is 0.497 e. The minimum absolute atomic E-state index is 0.244. The number of nitrogens with one attached hydrogen (secondary N) is 1. The number of hydrogen-bond acceptors (Lipinski definition) is 6. The summed E-state index contributed by atoms with van der Waals surface area (Å²) in [6.45, 7) is 0. The molecule has 0 aliphatic rings. The molecule has 0 saturated heterocycles. The number of anilines is 1. The molecule has 1 N–H and O–H groups in total.